The second-order valence-corrected chi connectivity index (χ2v) is 4.77. The molecule has 2 heteroatoms. The summed E-state index contributed by atoms with van der Waals surface area (Å²) in [5.74, 6) is 0.946. The number of carbonyl (C=O) groups is 1. The van der Waals surface area contributed by atoms with Crippen molar-refractivity contribution in [1.82, 2.24) is 0 Å². The molecule has 0 aromatic carbocycles. The van der Waals surface area contributed by atoms with Gasteiger partial charge in [0.05, 0.1) is 0 Å². The van der Waals surface area contributed by atoms with E-state index in [0.717, 1.165) is 18.8 Å². The SMILES string of the molecule is CC1CCCCC(C(N)=O)CCCC1. The highest BCUT2D eigenvalue weighted by Gasteiger charge is 2.16. The fraction of sp³-hybridized carbons (Fsp3) is 0.917. The predicted octanol–water partition coefficient (Wildman–Crippen LogP) is 2.86. The molecule has 0 aromatic rings. The van der Waals surface area contributed by atoms with Crippen LogP contribution in [-0.2, 0) is 4.79 Å². The van der Waals surface area contributed by atoms with Crippen LogP contribution in [0.3, 0.4) is 0 Å². The van der Waals surface area contributed by atoms with Crippen LogP contribution in [0.5, 0.6) is 0 Å². The van der Waals surface area contributed by atoms with Crippen molar-refractivity contribution in [1.29, 1.82) is 0 Å². The molecule has 1 aliphatic rings. The molecule has 14 heavy (non-hydrogen) atoms. The topological polar surface area (TPSA) is 43.1 Å². The van der Waals surface area contributed by atoms with E-state index in [9.17, 15) is 4.79 Å². The van der Waals surface area contributed by atoms with Crippen molar-refractivity contribution in [3.63, 3.8) is 0 Å². The number of nitrogens with two attached hydrogens (primary N) is 1. The zero-order valence-corrected chi connectivity index (χ0v) is 9.30. The van der Waals surface area contributed by atoms with E-state index in [4.69, 9.17) is 5.73 Å². The molecule has 0 bridgehead atoms. The van der Waals surface area contributed by atoms with Crippen molar-refractivity contribution in [2.45, 2.75) is 58.3 Å². The molecule has 0 radical (unpaired) electrons. The van der Waals surface area contributed by atoms with Crippen LogP contribution in [0.25, 0.3) is 0 Å². The largest absolute Gasteiger partial charge is 0.369 e. The Morgan fingerprint density at radius 3 is 1.86 bits per heavy atom. The van der Waals surface area contributed by atoms with Crippen molar-refractivity contribution in [3.8, 4) is 0 Å². The first-order chi connectivity index (χ1) is 6.70. The van der Waals surface area contributed by atoms with Gasteiger partial charge in [0.25, 0.3) is 0 Å². The van der Waals surface area contributed by atoms with Crippen molar-refractivity contribution < 1.29 is 4.79 Å². The molecule has 2 N–H and O–H groups in total. The summed E-state index contributed by atoms with van der Waals surface area (Å²) in [5, 5.41) is 0. The van der Waals surface area contributed by atoms with Crippen LogP contribution in [-0.4, -0.2) is 5.91 Å². The van der Waals surface area contributed by atoms with E-state index >= 15 is 0 Å². The summed E-state index contributed by atoms with van der Waals surface area (Å²) < 4.78 is 0. The molecule has 1 rings (SSSR count). The van der Waals surface area contributed by atoms with Gasteiger partial charge in [-0.05, 0) is 18.8 Å². The summed E-state index contributed by atoms with van der Waals surface area (Å²) >= 11 is 0. The summed E-state index contributed by atoms with van der Waals surface area (Å²) in [6.07, 6.45) is 9.58. The van der Waals surface area contributed by atoms with Crippen LogP contribution >= 0.6 is 0 Å². The minimum Gasteiger partial charge on any atom is -0.369 e. The lowest BCUT2D eigenvalue weighted by Gasteiger charge is -2.17. The van der Waals surface area contributed by atoms with Crippen LogP contribution in [0.1, 0.15) is 58.3 Å². The fourth-order valence-electron chi connectivity index (χ4n) is 2.34. The third-order valence-corrected chi connectivity index (χ3v) is 3.40. The highest BCUT2D eigenvalue weighted by Crippen LogP contribution is 2.23. The number of hydrogen-bond donors (Lipinski definition) is 1. The summed E-state index contributed by atoms with van der Waals surface area (Å²) in [7, 11) is 0. The van der Waals surface area contributed by atoms with E-state index < -0.39 is 0 Å². The zero-order valence-electron chi connectivity index (χ0n) is 9.30. The minimum absolute atomic E-state index is 0.0846. The smallest absolute Gasteiger partial charge is 0.220 e. The molecule has 0 aromatic heterocycles. The molecule has 82 valence electrons. The molecular weight excluding hydrogens is 174 g/mol. The van der Waals surface area contributed by atoms with Crippen LogP contribution < -0.4 is 5.73 Å². The van der Waals surface area contributed by atoms with Gasteiger partial charge >= 0.3 is 0 Å². The van der Waals surface area contributed by atoms with Gasteiger partial charge in [-0.25, -0.2) is 0 Å². The molecule has 1 saturated carbocycles. The Labute approximate surface area is 87.2 Å². The first-order valence-corrected chi connectivity index (χ1v) is 5.99. The summed E-state index contributed by atoms with van der Waals surface area (Å²) in [6, 6.07) is 0. The Morgan fingerprint density at radius 1 is 1.00 bits per heavy atom. The maximum Gasteiger partial charge on any atom is 0.220 e. The third kappa shape index (κ3) is 4.12. The zero-order chi connectivity index (χ0) is 10.4. The molecule has 1 aliphatic carbocycles. The van der Waals surface area contributed by atoms with E-state index in [1.165, 1.54) is 38.5 Å². The van der Waals surface area contributed by atoms with Crippen molar-refractivity contribution >= 4 is 5.91 Å². The third-order valence-electron chi connectivity index (χ3n) is 3.40. The molecule has 1 amide bonds. The molecule has 0 saturated heterocycles. The Balaban J connectivity index is 2.35. The Bertz CT molecular complexity index is 167. The number of amides is 1. The highest BCUT2D eigenvalue weighted by molar-refractivity contribution is 5.76. The van der Waals surface area contributed by atoms with E-state index in [2.05, 4.69) is 6.92 Å². The van der Waals surface area contributed by atoms with Crippen LogP contribution in [0.2, 0.25) is 0 Å². The number of carbonyl (C=O) groups excluding carboxylic acids is 1. The van der Waals surface area contributed by atoms with E-state index in [-0.39, 0.29) is 11.8 Å². The molecule has 1 fully saturated rings. The molecule has 2 nitrogen and oxygen atoms in total. The van der Waals surface area contributed by atoms with Crippen molar-refractivity contribution in [3.05, 3.63) is 0 Å². The molecule has 0 atom stereocenters. The summed E-state index contributed by atoms with van der Waals surface area (Å²) in [5.41, 5.74) is 5.37. The van der Waals surface area contributed by atoms with Gasteiger partial charge < -0.3 is 5.73 Å². The molecular formula is C12H23NO. The van der Waals surface area contributed by atoms with Crippen molar-refractivity contribution in [2.75, 3.05) is 0 Å². The monoisotopic (exact) mass is 197 g/mol. The first kappa shape index (κ1) is 11.5. The second-order valence-electron chi connectivity index (χ2n) is 4.77. The minimum atomic E-state index is -0.0846. The van der Waals surface area contributed by atoms with Crippen molar-refractivity contribution in [2.24, 2.45) is 17.6 Å². The van der Waals surface area contributed by atoms with Crippen LogP contribution in [0.15, 0.2) is 0 Å². The van der Waals surface area contributed by atoms with E-state index in [1.54, 1.807) is 0 Å². The van der Waals surface area contributed by atoms with Crippen LogP contribution in [0.4, 0.5) is 0 Å². The lowest BCUT2D eigenvalue weighted by atomic mass is 9.88. The van der Waals surface area contributed by atoms with Crippen LogP contribution in [0, 0.1) is 11.8 Å². The van der Waals surface area contributed by atoms with Gasteiger partial charge in [0.1, 0.15) is 0 Å². The highest BCUT2D eigenvalue weighted by atomic mass is 16.1. The first-order valence-electron chi connectivity index (χ1n) is 5.99. The number of rotatable bonds is 1. The second kappa shape index (κ2) is 6.05. The average molecular weight is 197 g/mol. The van der Waals surface area contributed by atoms with E-state index in [1.807, 2.05) is 0 Å². The van der Waals surface area contributed by atoms with Gasteiger partial charge in [-0.1, -0.05) is 45.4 Å². The van der Waals surface area contributed by atoms with E-state index in [0.29, 0.717) is 0 Å². The average Bonchev–Trinajstić information content (AvgIpc) is 2.15. The molecule has 0 unspecified atom stereocenters. The number of hydrogen-bond acceptors (Lipinski definition) is 1. The summed E-state index contributed by atoms with van der Waals surface area (Å²) in [6.45, 7) is 2.34. The Morgan fingerprint density at radius 2 is 1.43 bits per heavy atom. The lowest BCUT2D eigenvalue weighted by molar-refractivity contribution is -0.122. The Kier molecular flexibility index (Phi) is 4.99. The molecule has 0 aliphatic heterocycles. The Hall–Kier alpha value is -0.530. The maximum atomic E-state index is 11.1. The van der Waals surface area contributed by atoms with Gasteiger partial charge in [0.2, 0.25) is 5.91 Å². The standard InChI is InChI=1S/C12H23NO/c1-10-6-2-4-8-11(12(13)14)9-5-3-7-10/h10-11H,2-9H2,1H3,(H2,13,14). The normalized spacial score (nSPS) is 30.9. The summed E-state index contributed by atoms with van der Waals surface area (Å²) in [4.78, 5) is 11.1. The predicted molar refractivity (Wildman–Crippen MR) is 58.8 cm³/mol. The lowest BCUT2D eigenvalue weighted by Crippen LogP contribution is -2.23. The number of primary amides is 1. The molecule has 0 spiro atoms. The van der Waals surface area contributed by atoms with Gasteiger partial charge in [-0.3, -0.25) is 4.79 Å². The quantitative estimate of drug-likeness (QED) is 0.690. The van der Waals surface area contributed by atoms with Gasteiger partial charge in [-0.2, -0.15) is 0 Å². The van der Waals surface area contributed by atoms with Gasteiger partial charge in [0, 0.05) is 5.92 Å². The van der Waals surface area contributed by atoms with Gasteiger partial charge in [0.15, 0.2) is 0 Å². The van der Waals surface area contributed by atoms with Gasteiger partial charge in [-0.15, -0.1) is 0 Å². The molecule has 0 heterocycles. The maximum absolute atomic E-state index is 11.1. The fourth-order valence-corrected chi connectivity index (χ4v) is 2.34.